The van der Waals surface area contributed by atoms with Crippen LogP contribution in [0.1, 0.15) is 40.0 Å². The van der Waals surface area contributed by atoms with E-state index in [1.54, 1.807) is 13.8 Å². The van der Waals surface area contributed by atoms with Crippen LogP contribution in [0.15, 0.2) is 0 Å². The Morgan fingerprint density at radius 1 is 1.33 bits per heavy atom. The zero-order chi connectivity index (χ0) is 13.7. The van der Waals surface area contributed by atoms with Crippen molar-refractivity contribution in [3.05, 3.63) is 0 Å². The van der Waals surface area contributed by atoms with Gasteiger partial charge >= 0.3 is 12.0 Å². The normalized spacial score (nSPS) is 24.9. The molecule has 1 fully saturated rings. The van der Waals surface area contributed by atoms with E-state index in [4.69, 9.17) is 5.11 Å². The summed E-state index contributed by atoms with van der Waals surface area (Å²) in [4.78, 5) is 22.6. The second kappa shape index (κ2) is 6.61. The van der Waals surface area contributed by atoms with E-state index in [1.165, 1.54) is 6.42 Å². The number of aliphatic carboxylic acids is 1. The first-order valence-electron chi connectivity index (χ1n) is 6.67. The summed E-state index contributed by atoms with van der Waals surface area (Å²) in [5, 5.41) is 14.2. The van der Waals surface area contributed by atoms with E-state index in [0.717, 1.165) is 18.8 Å². The van der Waals surface area contributed by atoms with E-state index in [1.807, 2.05) is 0 Å². The number of rotatable bonds is 5. The van der Waals surface area contributed by atoms with Crippen LogP contribution in [0.3, 0.4) is 0 Å². The molecule has 0 aromatic carbocycles. The minimum atomic E-state index is -0.991. The molecule has 0 aliphatic heterocycles. The fourth-order valence-corrected chi connectivity index (χ4v) is 2.45. The molecule has 1 saturated carbocycles. The molecule has 3 N–H and O–H groups in total. The van der Waals surface area contributed by atoms with Crippen LogP contribution in [0, 0.1) is 17.8 Å². The summed E-state index contributed by atoms with van der Waals surface area (Å²) in [6.07, 6.45) is 3.51. The smallest absolute Gasteiger partial charge is 0.326 e. The molecule has 0 bridgehead atoms. The van der Waals surface area contributed by atoms with Crippen LogP contribution in [-0.4, -0.2) is 29.7 Å². The van der Waals surface area contributed by atoms with Gasteiger partial charge < -0.3 is 15.7 Å². The number of carboxylic acid groups (broad SMARTS) is 1. The van der Waals surface area contributed by atoms with Gasteiger partial charge in [-0.25, -0.2) is 9.59 Å². The highest BCUT2D eigenvalue weighted by atomic mass is 16.4. The average molecular weight is 256 g/mol. The Bertz CT molecular complexity index is 305. The van der Waals surface area contributed by atoms with E-state index in [9.17, 15) is 9.59 Å². The van der Waals surface area contributed by atoms with Crippen LogP contribution in [0.2, 0.25) is 0 Å². The molecule has 1 aliphatic rings. The molecular weight excluding hydrogens is 232 g/mol. The Hall–Kier alpha value is -1.26. The van der Waals surface area contributed by atoms with Crippen LogP contribution >= 0.6 is 0 Å². The summed E-state index contributed by atoms with van der Waals surface area (Å²) in [5.74, 6) is 0.157. The fourth-order valence-electron chi connectivity index (χ4n) is 2.45. The maximum absolute atomic E-state index is 11.6. The number of carboxylic acids is 1. The lowest BCUT2D eigenvalue weighted by Gasteiger charge is -2.19. The van der Waals surface area contributed by atoms with Gasteiger partial charge in [-0.1, -0.05) is 27.2 Å². The Morgan fingerprint density at radius 2 is 2.00 bits per heavy atom. The lowest BCUT2D eigenvalue weighted by atomic mass is 10.1. The monoisotopic (exact) mass is 256 g/mol. The number of carbonyl (C=O) groups excluding carboxylic acids is 1. The molecule has 1 aliphatic carbocycles. The minimum absolute atomic E-state index is 0.125. The summed E-state index contributed by atoms with van der Waals surface area (Å²) in [7, 11) is 0. The SMILES string of the molecule is CC1CCC(CNC(=O)NC(C(=O)O)C(C)C)C1. The summed E-state index contributed by atoms with van der Waals surface area (Å²) in [6.45, 7) is 6.41. The Morgan fingerprint density at radius 3 is 2.44 bits per heavy atom. The van der Waals surface area contributed by atoms with Crippen molar-refractivity contribution in [3.8, 4) is 0 Å². The van der Waals surface area contributed by atoms with Gasteiger partial charge in [-0.2, -0.15) is 0 Å². The maximum atomic E-state index is 11.6. The van der Waals surface area contributed by atoms with Crippen molar-refractivity contribution in [1.82, 2.24) is 10.6 Å². The van der Waals surface area contributed by atoms with Gasteiger partial charge in [0.05, 0.1) is 0 Å². The highest BCUT2D eigenvalue weighted by Gasteiger charge is 2.25. The quantitative estimate of drug-likeness (QED) is 0.702. The molecule has 0 heterocycles. The van der Waals surface area contributed by atoms with Gasteiger partial charge in [0.2, 0.25) is 0 Å². The number of nitrogens with one attached hydrogen (secondary N) is 2. The minimum Gasteiger partial charge on any atom is -0.480 e. The maximum Gasteiger partial charge on any atom is 0.326 e. The first kappa shape index (κ1) is 14.8. The van der Waals surface area contributed by atoms with Crippen molar-refractivity contribution in [3.63, 3.8) is 0 Å². The van der Waals surface area contributed by atoms with Gasteiger partial charge in [-0.15, -0.1) is 0 Å². The standard InChI is InChI=1S/C13H24N2O3/c1-8(2)11(12(16)17)15-13(18)14-7-10-5-4-9(3)6-10/h8-11H,4-7H2,1-3H3,(H,16,17)(H2,14,15,18). The number of hydrogen-bond donors (Lipinski definition) is 3. The van der Waals surface area contributed by atoms with Crippen LogP contribution in [0.4, 0.5) is 4.79 Å². The third-order valence-electron chi connectivity index (χ3n) is 3.57. The first-order valence-corrected chi connectivity index (χ1v) is 6.67. The van der Waals surface area contributed by atoms with Crippen LogP contribution < -0.4 is 10.6 Å². The Balaban J connectivity index is 2.30. The lowest BCUT2D eigenvalue weighted by Crippen LogP contribution is -2.49. The molecule has 3 atom stereocenters. The highest BCUT2D eigenvalue weighted by Crippen LogP contribution is 2.29. The van der Waals surface area contributed by atoms with Gasteiger partial charge in [0.25, 0.3) is 0 Å². The largest absolute Gasteiger partial charge is 0.480 e. The zero-order valence-electron chi connectivity index (χ0n) is 11.4. The molecule has 0 radical (unpaired) electrons. The second-order valence-corrected chi connectivity index (χ2v) is 5.70. The number of hydrogen-bond acceptors (Lipinski definition) is 2. The van der Waals surface area contributed by atoms with Crippen LogP contribution in [0.5, 0.6) is 0 Å². The topological polar surface area (TPSA) is 78.4 Å². The van der Waals surface area contributed by atoms with Gasteiger partial charge in [-0.3, -0.25) is 0 Å². The van der Waals surface area contributed by atoms with Gasteiger partial charge in [0.15, 0.2) is 0 Å². The first-order chi connectivity index (χ1) is 8.40. The van der Waals surface area contributed by atoms with Gasteiger partial charge in [0, 0.05) is 6.54 Å². The van der Waals surface area contributed by atoms with Crippen molar-refractivity contribution in [1.29, 1.82) is 0 Å². The molecule has 2 amide bonds. The molecule has 0 aromatic rings. The van der Waals surface area contributed by atoms with Crippen molar-refractivity contribution >= 4 is 12.0 Å². The number of carbonyl (C=O) groups is 2. The molecule has 5 nitrogen and oxygen atoms in total. The Kier molecular flexibility index (Phi) is 5.44. The van der Waals surface area contributed by atoms with E-state index < -0.39 is 12.0 Å². The van der Waals surface area contributed by atoms with Crippen molar-refractivity contribution < 1.29 is 14.7 Å². The van der Waals surface area contributed by atoms with Crippen molar-refractivity contribution in [2.45, 2.75) is 46.1 Å². The predicted molar refractivity (Wildman–Crippen MR) is 69.3 cm³/mol. The third-order valence-corrected chi connectivity index (χ3v) is 3.57. The molecular formula is C13H24N2O3. The molecule has 3 unspecified atom stereocenters. The lowest BCUT2D eigenvalue weighted by molar-refractivity contribution is -0.140. The zero-order valence-corrected chi connectivity index (χ0v) is 11.4. The molecule has 0 spiro atoms. The molecule has 5 heteroatoms. The summed E-state index contributed by atoms with van der Waals surface area (Å²) in [6, 6.07) is -1.21. The highest BCUT2D eigenvalue weighted by molar-refractivity contribution is 5.82. The van der Waals surface area contributed by atoms with E-state index in [0.29, 0.717) is 12.5 Å². The van der Waals surface area contributed by atoms with E-state index >= 15 is 0 Å². The summed E-state index contributed by atoms with van der Waals surface area (Å²) >= 11 is 0. The van der Waals surface area contributed by atoms with Gasteiger partial charge in [0.1, 0.15) is 6.04 Å². The van der Waals surface area contributed by atoms with E-state index in [2.05, 4.69) is 17.6 Å². The average Bonchev–Trinajstić information content (AvgIpc) is 2.68. The van der Waals surface area contributed by atoms with Crippen LogP contribution in [-0.2, 0) is 4.79 Å². The molecule has 0 aromatic heterocycles. The van der Waals surface area contributed by atoms with Crippen molar-refractivity contribution in [2.24, 2.45) is 17.8 Å². The summed E-state index contributed by atoms with van der Waals surface area (Å²) in [5.41, 5.74) is 0. The van der Waals surface area contributed by atoms with E-state index in [-0.39, 0.29) is 11.9 Å². The van der Waals surface area contributed by atoms with Gasteiger partial charge in [-0.05, 0) is 30.6 Å². The second-order valence-electron chi connectivity index (χ2n) is 5.70. The molecule has 104 valence electrons. The number of amides is 2. The third kappa shape index (κ3) is 4.55. The van der Waals surface area contributed by atoms with Crippen LogP contribution in [0.25, 0.3) is 0 Å². The van der Waals surface area contributed by atoms with Crippen molar-refractivity contribution in [2.75, 3.05) is 6.54 Å². The fraction of sp³-hybridized carbons (Fsp3) is 0.846. The molecule has 0 saturated heterocycles. The number of urea groups is 1. The summed E-state index contributed by atoms with van der Waals surface area (Å²) < 4.78 is 0. The molecule has 18 heavy (non-hydrogen) atoms. The molecule has 1 rings (SSSR count). The predicted octanol–water partition coefficient (Wildman–Crippen LogP) is 1.83. The Labute approximate surface area is 108 Å².